The van der Waals surface area contributed by atoms with Crippen LogP contribution in [-0.2, 0) is 11.3 Å². The van der Waals surface area contributed by atoms with Crippen molar-refractivity contribution in [2.24, 2.45) is 5.10 Å². The van der Waals surface area contributed by atoms with Gasteiger partial charge in [-0.15, -0.1) is 5.10 Å². The number of hydrogen-bond donors (Lipinski definition) is 2. The number of unbranched alkanes of at least 4 members (excludes halogenated alkanes) is 1. The molecule has 0 saturated heterocycles. The Hall–Kier alpha value is -2.82. The van der Waals surface area contributed by atoms with E-state index >= 15 is 0 Å². The van der Waals surface area contributed by atoms with Crippen LogP contribution >= 0.6 is 0 Å². The van der Waals surface area contributed by atoms with Crippen LogP contribution < -0.4 is 11.2 Å². The lowest BCUT2D eigenvalue weighted by Gasteiger charge is -2.03. The van der Waals surface area contributed by atoms with Gasteiger partial charge in [-0.3, -0.25) is 4.79 Å². The molecule has 0 aliphatic heterocycles. The molecule has 0 aliphatic rings. The van der Waals surface area contributed by atoms with Gasteiger partial charge in [-0.2, -0.15) is 9.78 Å². The van der Waals surface area contributed by atoms with Gasteiger partial charge in [0.1, 0.15) is 5.69 Å². The smallest absolute Gasteiger partial charge is 0.293 e. The topological polar surface area (TPSA) is 146 Å². The molecule has 0 aromatic carbocycles. The van der Waals surface area contributed by atoms with E-state index in [4.69, 9.17) is 10.5 Å². The second-order valence-electron chi connectivity index (χ2n) is 4.24. The van der Waals surface area contributed by atoms with Crippen LogP contribution in [-0.4, -0.2) is 44.5 Å². The van der Waals surface area contributed by atoms with E-state index in [9.17, 15) is 4.79 Å². The maximum Gasteiger partial charge on any atom is 0.293 e. The van der Waals surface area contributed by atoms with E-state index in [1.807, 2.05) is 6.92 Å². The number of methoxy groups -OCH3 is 1. The fraction of sp³-hybridized carbons (Fsp3) is 0.455. The van der Waals surface area contributed by atoms with E-state index in [1.165, 1.54) is 11.8 Å². The fourth-order valence-corrected chi connectivity index (χ4v) is 1.60. The number of amides is 1. The Bertz CT molecular complexity index is 662. The number of hydrazone groups is 1. The zero-order valence-corrected chi connectivity index (χ0v) is 12.2. The molecule has 2 rings (SSSR count). The molecule has 118 valence electrons. The number of nitrogens with one attached hydrogen (secondary N) is 1. The van der Waals surface area contributed by atoms with Crippen molar-refractivity contribution < 1.29 is 14.2 Å². The van der Waals surface area contributed by atoms with Gasteiger partial charge in [-0.25, -0.2) is 10.1 Å². The summed E-state index contributed by atoms with van der Waals surface area (Å²) in [6.07, 6.45) is 3.31. The molecule has 0 bridgehead atoms. The molecule has 11 heteroatoms. The lowest BCUT2D eigenvalue weighted by atomic mass is 10.3. The first-order valence-electron chi connectivity index (χ1n) is 6.52. The lowest BCUT2D eigenvalue weighted by molar-refractivity contribution is 0.0944. The van der Waals surface area contributed by atoms with Gasteiger partial charge >= 0.3 is 0 Å². The Kier molecular flexibility index (Phi) is 5.14. The summed E-state index contributed by atoms with van der Waals surface area (Å²) in [5.74, 6) is -0.357. The molecule has 0 aliphatic carbocycles. The minimum absolute atomic E-state index is 0.0233. The van der Waals surface area contributed by atoms with Crippen LogP contribution in [0.3, 0.4) is 0 Å². The van der Waals surface area contributed by atoms with E-state index in [0.29, 0.717) is 5.69 Å². The molecule has 0 atom stereocenters. The van der Waals surface area contributed by atoms with Crippen LogP contribution in [0.2, 0.25) is 0 Å². The van der Waals surface area contributed by atoms with Gasteiger partial charge in [0.05, 0.1) is 6.61 Å². The Balaban J connectivity index is 2.27. The maximum absolute atomic E-state index is 12.1. The number of nitrogens with zero attached hydrogens (tertiary/aromatic N) is 6. The van der Waals surface area contributed by atoms with Crippen LogP contribution in [0, 0.1) is 0 Å². The van der Waals surface area contributed by atoms with Crippen LogP contribution in [0.15, 0.2) is 9.73 Å². The summed E-state index contributed by atoms with van der Waals surface area (Å²) >= 11 is 0. The number of nitrogen functional groups attached to an aromatic ring is 1. The second-order valence-corrected chi connectivity index (χ2v) is 4.24. The van der Waals surface area contributed by atoms with Gasteiger partial charge in [-0.1, -0.05) is 18.6 Å². The molecule has 0 radical (unpaired) electrons. The standard InChI is InChI=1S/C11H16N8O3/c1-3-4-5-13-15-11(20)8-7(6-21-2)19(18-14-8)10-9(12)16-22-17-10/h5H,3-4,6H2,1-2H3,(H2,12,16)(H,15,20). The number of carbonyl (C=O) groups excluding carboxylic acids is 1. The largest absolute Gasteiger partial charge is 0.378 e. The summed E-state index contributed by atoms with van der Waals surface area (Å²) in [6.45, 7) is 2.08. The molecule has 1 amide bonds. The van der Waals surface area contributed by atoms with Crippen molar-refractivity contribution in [3.05, 3.63) is 11.4 Å². The van der Waals surface area contributed by atoms with E-state index < -0.39 is 5.91 Å². The van der Waals surface area contributed by atoms with Crippen LogP contribution in [0.5, 0.6) is 0 Å². The first-order valence-corrected chi connectivity index (χ1v) is 6.52. The summed E-state index contributed by atoms with van der Waals surface area (Å²) in [6, 6.07) is 0. The van der Waals surface area contributed by atoms with Crippen molar-refractivity contribution in [2.45, 2.75) is 26.4 Å². The summed E-state index contributed by atoms with van der Waals surface area (Å²) in [7, 11) is 1.48. The number of anilines is 1. The molecule has 2 aromatic heterocycles. The molecule has 11 nitrogen and oxygen atoms in total. The summed E-state index contributed by atoms with van der Waals surface area (Å²) in [5.41, 5.74) is 8.40. The average molecular weight is 308 g/mol. The Morgan fingerprint density at radius 1 is 1.55 bits per heavy atom. The monoisotopic (exact) mass is 308 g/mol. The van der Waals surface area contributed by atoms with Gasteiger partial charge in [0.15, 0.2) is 5.69 Å². The molecular weight excluding hydrogens is 292 g/mol. The number of nitrogens with two attached hydrogens (primary N) is 1. The summed E-state index contributed by atoms with van der Waals surface area (Å²) in [5, 5.41) is 18.5. The van der Waals surface area contributed by atoms with Crippen molar-refractivity contribution in [3.8, 4) is 5.82 Å². The van der Waals surface area contributed by atoms with Crippen LogP contribution in [0.4, 0.5) is 5.82 Å². The third-order valence-corrected chi connectivity index (χ3v) is 2.63. The molecule has 3 N–H and O–H groups in total. The predicted molar refractivity (Wildman–Crippen MR) is 75.2 cm³/mol. The second kappa shape index (κ2) is 7.26. The third kappa shape index (κ3) is 3.25. The first kappa shape index (κ1) is 15.6. The third-order valence-electron chi connectivity index (χ3n) is 2.63. The minimum Gasteiger partial charge on any atom is -0.378 e. The van der Waals surface area contributed by atoms with Crippen LogP contribution in [0.1, 0.15) is 35.9 Å². The molecule has 2 aromatic rings. The molecule has 0 unspecified atom stereocenters. The highest BCUT2D eigenvalue weighted by atomic mass is 16.6. The van der Waals surface area contributed by atoms with E-state index in [2.05, 4.69) is 35.8 Å². The highest BCUT2D eigenvalue weighted by molar-refractivity contribution is 5.93. The lowest BCUT2D eigenvalue weighted by Crippen LogP contribution is -2.20. The molecule has 0 spiro atoms. The number of hydrogen-bond acceptors (Lipinski definition) is 9. The van der Waals surface area contributed by atoms with Crippen molar-refractivity contribution in [1.29, 1.82) is 0 Å². The number of ether oxygens (including phenoxy) is 1. The molecule has 0 fully saturated rings. The number of carbonyl (C=O) groups is 1. The first-order chi connectivity index (χ1) is 10.7. The summed E-state index contributed by atoms with van der Waals surface area (Å²) < 4.78 is 10.8. The van der Waals surface area contributed by atoms with Crippen molar-refractivity contribution in [1.82, 2.24) is 30.7 Å². The predicted octanol–water partition coefficient (Wildman–Crippen LogP) is -0.105. The van der Waals surface area contributed by atoms with E-state index in [1.54, 1.807) is 6.21 Å². The fourth-order valence-electron chi connectivity index (χ4n) is 1.60. The maximum atomic E-state index is 12.1. The normalized spacial score (nSPS) is 11.2. The van der Waals surface area contributed by atoms with Gasteiger partial charge in [0, 0.05) is 13.3 Å². The Morgan fingerprint density at radius 3 is 3.00 bits per heavy atom. The van der Waals surface area contributed by atoms with Crippen molar-refractivity contribution in [3.63, 3.8) is 0 Å². The van der Waals surface area contributed by atoms with E-state index in [0.717, 1.165) is 12.8 Å². The van der Waals surface area contributed by atoms with Gasteiger partial charge < -0.3 is 10.5 Å². The SMILES string of the molecule is CCCC=NNC(=O)c1nnn(-c2nonc2N)c1COC. The van der Waals surface area contributed by atoms with Crippen molar-refractivity contribution >= 4 is 17.9 Å². The molecule has 22 heavy (non-hydrogen) atoms. The van der Waals surface area contributed by atoms with Crippen molar-refractivity contribution in [2.75, 3.05) is 12.8 Å². The Morgan fingerprint density at radius 2 is 2.36 bits per heavy atom. The molecule has 2 heterocycles. The van der Waals surface area contributed by atoms with Gasteiger partial charge in [-0.05, 0) is 16.7 Å². The van der Waals surface area contributed by atoms with Crippen LogP contribution in [0.25, 0.3) is 5.82 Å². The average Bonchev–Trinajstić information content (AvgIpc) is 3.10. The molecular formula is C11H16N8O3. The zero-order valence-electron chi connectivity index (χ0n) is 12.2. The zero-order chi connectivity index (χ0) is 15.9. The highest BCUT2D eigenvalue weighted by Gasteiger charge is 2.23. The van der Waals surface area contributed by atoms with E-state index in [-0.39, 0.29) is 23.9 Å². The quantitative estimate of drug-likeness (QED) is 0.532. The highest BCUT2D eigenvalue weighted by Crippen LogP contribution is 2.16. The van der Waals surface area contributed by atoms with Gasteiger partial charge in [0.25, 0.3) is 5.91 Å². The minimum atomic E-state index is -0.513. The summed E-state index contributed by atoms with van der Waals surface area (Å²) in [4.78, 5) is 12.1. The number of aromatic nitrogens is 5. The molecule has 0 saturated carbocycles. The Labute approximate surface area is 125 Å². The van der Waals surface area contributed by atoms with Gasteiger partial charge in [0.2, 0.25) is 11.6 Å². The number of rotatable bonds is 7.